The zero-order valence-corrected chi connectivity index (χ0v) is 20.6. The van der Waals surface area contributed by atoms with E-state index in [9.17, 15) is 4.79 Å². The van der Waals surface area contributed by atoms with Gasteiger partial charge in [-0.25, -0.2) is 0 Å². The summed E-state index contributed by atoms with van der Waals surface area (Å²) in [7, 11) is 1.58. The number of hydrogen-bond donors (Lipinski definition) is 1. The maximum atomic E-state index is 12.7. The highest BCUT2D eigenvalue weighted by molar-refractivity contribution is 7.98. The van der Waals surface area contributed by atoms with Gasteiger partial charge in [-0.05, 0) is 53.4 Å². The lowest BCUT2D eigenvalue weighted by Gasteiger charge is -2.11. The number of amides is 1. The van der Waals surface area contributed by atoms with Crippen molar-refractivity contribution in [3.8, 4) is 22.1 Å². The lowest BCUT2D eigenvalue weighted by Crippen LogP contribution is -2.12. The first-order valence-corrected chi connectivity index (χ1v) is 12.8. The van der Waals surface area contributed by atoms with Gasteiger partial charge in [-0.3, -0.25) is 9.36 Å². The van der Waals surface area contributed by atoms with Crippen molar-refractivity contribution in [2.24, 2.45) is 0 Å². The van der Waals surface area contributed by atoms with Crippen molar-refractivity contribution in [2.75, 3.05) is 12.4 Å². The van der Waals surface area contributed by atoms with Crippen LogP contribution in [0.3, 0.4) is 0 Å². The van der Waals surface area contributed by atoms with Gasteiger partial charge >= 0.3 is 0 Å². The van der Waals surface area contributed by atoms with Gasteiger partial charge in [-0.15, -0.1) is 21.5 Å². The number of methoxy groups -OCH3 is 1. The van der Waals surface area contributed by atoms with Gasteiger partial charge in [0.1, 0.15) is 5.75 Å². The van der Waals surface area contributed by atoms with E-state index in [0.29, 0.717) is 22.8 Å². The molecule has 0 unspecified atom stereocenters. The first-order chi connectivity index (χ1) is 17.2. The molecule has 2 heterocycles. The number of thiophene rings is 1. The number of benzene rings is 3. The number of hydrogen-bond acceptors (Lipinski definition) is 6. The van der Waals surface area contributed by atoms with Crippen molar-refractivity contribution < 1.29 is 9.53 Å². The zero-order chi connectivity index (χ0) is 24.0. The molecule has 8 heteroatoms. The van der Waals surface area contributed by atoms with Crippen LogP contribution < -0.4 is 10.1 Å². The second-order valence-corrected chi connectivity index (χ2v) is 9.48. The van der Waals surface area contributed by atoms with E-state index in [1.54, 1.807) is 30.2 Å². The van der Waals surface area contributed by atoms with Crippen LogP contribution in [0.15, 0.2) is 102 Å². The average Bonchev–Trinajstić information content (AvgIpc) is 3.59. The van der Waals surface area contributed by atoms with Crippen LogP contribution in [0.1, 0.15) is 15.9 Å². The molecule has 1 N–H and O–H groups in total. The van der Waals surface area contributed by atoms with E-state index in [4.69, 9.17) is 4.74 Å². The number of aromatic nitrogens is 3. The zero-order valence-electron chi connectivity index (χ0n) is 18.9. The van der Waals surface area contributed by atoms with Crippen molar-refractivity contribution >= 4 is 34.7 Å². The minimum atomic E-state index is -0.182. The van der Waals surface area contributed by atoms with Crippen LogP contribution in [0.5, 0.6) is 5.75 Å². The SMILES string of the molecule is COc1ccccc1NC(=O)c1ccc(CSc2nnc(-c3cccs3)n2-c2ccccc2)cc1. The lowest BCUT2D eigenvalue weighted by atomic mass is 10.1. The summed E-state index contributed by atoms with van der Waals surface area (Å²) in [4.78, 5) is 13.8. The predicted molar refractivity (Wildman–Crippen MR) is 142 cm³/mol. The van der Waals surface area contributed by atoms with Gasteiger partial charge in [0.05, 0.1) is 17.7 Å². The Labute approximate surface area is 211 Å². The number of para-hydroxylation sites is 3. The molecule has 2 aromatic heterocycles. The van der Waals surface area contributed by atoms with E-state index in [2.05, 4.69) is 38.3 Å². The number of anilines is 1. The fourth-order valence-electron chi connectivity index (χ4n) is 3.58. The molecule has 5 aromatic rings. The van der Waals surface area contributed by atoms with E-state index >= 15 is 0 Å². The first kappa shape index (κ1) is 22.9. The van der Waals surface area contributed by atoms with Crippen molar-refractivity contribution in [3.63, 3.8) is 0 Å². The number of carbonyl (C=O) groups excluding carboxylic acids is 1. The molecule has 35 heavy (non-hydrogen) atoms. The molecular weight excluding hydrogens is 476 g/mol. The third-order valence-corrected chi connectivity index (χ3v) is 7.19. The lowest BCUT2D eigenvalue weighted by molar-refractivity contribution is 0.102. The maximum absolute atomic E-state index is 12.7. The van der Waals surface area contributed by atoms with Gasteiger partial charge in [0.15, 0.2) is 11.0 Å². The van der Waals surface area contributed by atoms with Crippen LogP contribution in [0.2, 0.25) is 0 Å². The van der Waals surface area contributed by atoms with Gasteiger partial charge < -0.3 is 10.1 Å². The second kappa shape index (κ2) is 10.6. The van der Waals surface area contributed by atoms with Crippen LogP contribution in [-0.4, -0.2) is 27.8 Å². The average molecular weight is 499 g/mol. The number of nitrogens with one attached hydrogen (secondary N) is 1. The van der Waals surface area contributed by atoms with Gasteiger partial charge in [0.2, 0.25) is 0 Å². The molecule has 5 rings (SSSR count). The summed E-state index contributed by atoms with van der Waals surface area (Å²) in [6, 6.07) is 29.1. The number of rotatable bonds is 8. The highest BCUT2D eigenvalue weighted by Gasteiger charge is 2.17. The number of thioether (sulfide) groups is 1. The van der Waals surface area contributed by atoms with Crippen molar-refractivity contribution in [2.45, 2.75) is 10.9 Å². The molecule has 3 aromatic carbocycles. The Bertz CT molecular complexity index is 1420. The van der Waals surface area contributed by atoms with Crippen LogP contribution in [0.4, 0.5) is 5.69 Å². The van der Waals surface area contributed by atoms with Gasteiger partial charge in [0.25, 0.3) is 5.91 Å². The van der Waals surface area contributed by atoms with Gasteiger partial charge in [-0.2, -0.15) is 0 Å². The standard InChI is InChI=1S/C27H22N4O2S2/c1-33-23-11-6-5-10-22(23)28-26(32)20-15-13-19(14-16-20)18-35-27-30-29-25(24-12-7-17-34-24)31(27)21-8-3-2-4-9-21/h2-17H,18H2,1H3,(H,28,32). The Hall–Kier alpha value is -3.88. The first-order valence-electron chi connectivity index (χ1n) is 10.9. The van der Waals surface area contributed by atoms with Crippen molar-refractivity contribution in [1.29, 1.82) is 0 Å². The molecule has 1 amide bonds. The van der Waals surface area contributed by atoms with Crippen molar-refractivity contribution in [1.82, 2.24) is 14.8 Å². The van der Waals surface area contributed by atoms with Crippen molar-refractivity contribution in [3.05, 3.63) is 108 Å². The molecule has 0 bridgehead atoms. The molecule has 0 saturated heterocycles. The Morgan fingerprint density at radius 2 is 1.71 bits per heavy atom. The highest BCUT2D eigenvalue weighted by atomic mass is 32.2. The molecule has 0 radical (unpaired) electrons. The second-order valence-electron chi connectivity index (χ2n) is 7.59. The summed E-state index contributed by atoms with van der Waals surface area (Å²) in [5, 5.41) is 14.7. The fourth-order valence-corrected chi connectivity index (χ4v) is 5.19. The molecule has 0 atom stereocenters. The summed E-state index contributed by atoms with van der Waals surface area (Å²) in [6.45, 7) is 0. The van der Waals surface area contributed by atoms with Crippen LogP contribution in [0, 0.1) is 0 Å². The summed E-state index contributed by atoms with van der Waals surface area (Å²) < 4.78 is 7.40. The van der Waals surface area contributed by atoms with Crippen LogP contribution >= 0.6 is 23.1 Å². The molecule has 0 spiro atoms. The molecule has 0 aliphatic heterocycles. The van der Waals surface area contributed by atoms with E-state index < -0.39 is 0 Å². The minimum Gasteiger partial charge on any atom is -0.495 e. The topological polar surface area (TPSA) is 69.0 Å². The summed E-state index contributed by atoms with van der Waals surface area (Å²) in [6.07, 6.45) is 0. The smallest absolute Gasteiger partial charge is 0.255 e. The normalized spacial score (nSPS) is 10.8. The summed E-state index contributed by atoms with van der Waals surface area (Å²) in [5.74, 6) is 1.97. The number of nitrogens with zero attached hydrogens (tertiary/aromatic N) is 3. The molecule has 0 fully saturated rings. The minimum absolute atomic E-state index is 0.182. The molecule has 6 nitrogen and oxygen atoms in total. The fraction of sp³-hybridized carbons (Fsp3) is 0.0741. The Kier molecular flexibility index (Phi) is 6.92. The predicted octanol–water partition coefficient (Wildman–Crippen LogP) is 6.55. The quantitative estimate of drug-likeness (QED) is 0.246. The molecular formula is C27H22N4O2S2. The Morgan fingerprint density at radius 1 is 0.943 bits per heavy atom. The van der Waals surface area contributed by atoms with E-state index in [-0.39, 0.29) is 5.91 Å². The summed E-state index contributed by atoms with van der Waals surface area (Å²) >= 11 is 3.25. The molecule has 174 valence electrons. The largest absolute Gasteiger partial charge is 0.495 e. The monoisotopic (exact) mass is 498 g/mol. The van der Waals surface area contributed by atoms with Gasteiger partial charge in [-0.1, -0.05) is 60.3 Å². The highest BCUT2D eigenvalue weighted by Crippen LogP contribution is 2.32. The third-order valence-electron chi connectivity index (χ3n) is 5.33. The Morgan fingerprint density at radius 3 is 2.46 bits per heavy atom. The van der Waals surface area contributed by atoms with Crippen LogP contribution in [-0.2, 0) is 5.75 Å². The number of ether oxygens (including phenoxy) is 1. The summed E-state index contributed by atoms with van der Waals surface area (Å²) in [5.41, 5.74) is 3.33. The molecule has 0 aliphatic carbocycles. The number of carbonyl (C=O) groups is 1. The van der Waals surface area contributed by atoms with E-state index in [0.717, 1.165) is 27.1 Å². The van der Waals surface area contributed by atoms with E-state index in [1.165, 1.54) is 0 Å². The Balaban J connectivity index is 1.31. The molecule has 0 saturated carbocycles. The van der Waals surface area contributed by atoms with E-state index in [1.807, 2.05) is 78.2 Å². The van der Waals surface area contributed by atoms with Crippen LogP contribution in [0.25, 0.3) is 16.4 Å². The van der Waals surface area contributed by atoms with Gasteiger partial charge in [0, 0.05) is 17.0 Å². The molecule has 0 aliphatic rings. The maximum Gasteiger partial charge on any atom is 0.255 e. The third kappa shape index (κ3) is 5.13.